The Kier molecular flexibility index (Phi) is 5.67. The maximum absolute atomic E-state index is 11.7. The normalized spacial score (nSPS) is 22.0. The van der Waals surface area contributed by atoms with Gasteiger partial charge < -0.3 is 0 Å². The first-order valence-electron chi connectivity index (χ1n) is 6.51. The molecule has 1 heteroatoms. The first-order valence-corrected chi connectivity index (χ1v) is 6.51. The molecule has 0 aromatic carbocycles. The van der Waals surface area contributed by atoms with Crippen LogP contribution in [0.25, 0.3) is 0 Å². The van der Waals surface area contributed by atoms with Crippen molar-refractivity contribution in [3.63, 3.8) is 0 Å². The molecule has 1 unspecified atom stereocenters. The number of Topliss-reactive ketones (excluding diaryl/α,β-unsaturated/α-hetero) is 1. The number of hydrogen-bond acceptors (Lipinski definition) is 1. The molecule has 0 aliphatic heterocycles. The van der Waals surface area contributed by atoms with Crippen LogP contribution in [0.2, 0.25) is 0 Å². The van der Waals surface area contributed by atoms with Gasteiger partial charge in [-0.3, -0.25) is 4.79 Å². The van der Waals surface area contributed by atoms with Crippen molar-refractivity contribution in [3.8, 4) is 0 Å². The highest BCUT2D eigenvalue weighted by Gasteiger charge is 2.16. The Bertz CT molecular complexity index is 227. The fourth-order valence-corrected chi connectivity index (χ4v) is 2.23. The Balaban J connectivity index is 2.52. The molecule has 0 radical (unpaired) electrons. The molecule has 1 aliphatic rings. The number of carbonyl (C=O) groups is 1. The molecular formula is C14H24O. The lowest BCUT2D eigenvalue weighted by Crippen LogP contribution is -2.10. The summed E-state index contributed by atoms with van der Waals surface area (Å²) in [6.07, 6.45) is 11.4. The third-order valence-electron chi connectivity index (χ3n) is 3.35. The van der Waals surface area contributed by atoms with Crippen LogP contribution < -0.4 is 0 Å². The van der Waals surface area contributed by atoms with Crippen LogP contribution in [-0.2, 0) is 4.79 Å². The lowest BCUT2D eigenvalue weighted by Gasteiger charge is -2.16. The van der Waals surface area contributed by atoms with Crippen molar-refractivity contribution < 1.29 is 4.79 Å². The van der Waals surface area contributed by atoms with Crippen LogP contribution >= 0.6 is 0 Å². The number of hydrogen-bond donors (Lipinski definition) is 0. The molecule has 0 aromatic heterocycles. The zero-order chi connectivity index (χ0) is 11.1. The van der Waals surface area contributed by atoms with Gasteiger partial charge in [-0.2, -0.15) is 0 Å². The van der Waals surface area contributed by atoms with E-state index in [4.69, 9.17) is 0 Å². The molecule has 0 saturated heterocycles. The van der Waals surface area contributed by atoms with Gasteiger partial charge in [0.2, 0.25) is 0 Å². The SMILES string of the molecule is CCCCC(/C=C1\CCCCC1=O)CC. The van der Waals surface area contributed by atoms with Gasteiger partial charge in [0.25, 0.3) is 0 Å². The van der Waals surface area contributed by atoms with Crippen LogP contribution in [-0.4, -0.2) is 5.78 Å². The van der Waals surface area contributed by atoms with Crippen molar-refractivity contribution in [3.05, 3.63) is 11.6 Å². The lowest BCUT2D eigenvalue weighted by atomic mass is 9.88. The number of ketones is 1. The molecule has 0 heterocycles. The van der Waals surface area contributed by atoms with E-state index in [1.165, 1.54) is 32.1 Å². The molecule has 0 spiro atoms. The second-order valence-corrected chi connectivity index (χ2v) is 4.63. The van der Waals surface area contributed by atoms with E-state index in [0.717, 1.165) is 24.8 Å². The van der Waals surface area contributed by atoms with Crippen LogP contribution in [0, 0.1) is 5.92 Å². The van der Waals surface area contributed by atoms with Gasteiger partial charge in [0.05, 0.1) is 0 Å². The average Bonchev–Trinajstić information content (AvgIpc) is 2.26. The first kappa shape index (κ1) is 12.5. The summed E-state index contributed by atoms with van der Waals surface area (Å²) in [5.41, 5.74) is 1.13. The van der Waals surface area contributed by atoms with Crippen molar-refractivity contribution in [1.82, 2.24) is 0 Å². The Labute approximate surface area is 93.9 Å². The smallest absolute Gasteiger partial charge is 0.158 e. The zero-order valence-electron chi connectivity index (χ0n) is 10.2. The van der Waals surface area contributed by atoms with Crippen molar-refractivity contribution in [2.75, 3.05) is 0 Å². The van der Waals surface area contributed by atoms with Crippen LogP contribution in [0.15, 0.2) is 11.6 Å². The number of unbranched alkanes of at least 4 members (excludes halogenated alkanes) is 1. The quantitative estimate of drug-likeness (QED) is 0.616. The van der Waals surface area contributed by atoms with Crippen LogP contribution in [0.3, 0.4) is 0 Å². The van der Waals surface area contributed by atoms with E-state index in [0.29, 0.717) is 11.7 Å². The largest absolute Gasteiger partial charge is 0.295 e. The summed E-state index contributed by atoms with van der Waals surface area (Å²) in [4.78, 5) is 11.7. The van der Waals surface area contributed by atoms with Crippen LogP contribution in [0.4, 0.5) is 0 Å². The van der Waals surface area contributed by atoms with Gasteiger partial charge in [-0.15, -0.1) is 0 Å². The number of allylic oxidation sites excluding steroid dienone is 2. The molecular weight excluding hydrogens is 184 g/mol. The molecule has 86 valence electrons. The summed E-state index contributed by atoms with van der Waals surface area (Å²) in [6.45, 7) is 4.45. The van der Waals surface area contributed by atoms with Crippen LogP contribution in [0.1, 0.15) is 65.2 Å². The highest BCUT2D eigenvalue weighted by molar-refractivity contribution is 5.95. The molecule has 1 rings (SSSR count). The third kappa shape index (κ3) is 4.19. The van der Waals surface area contributed by atoms with Gasteiger partial charge >= 0.3 is 0 Å². The Morgan fingerprint density at radius 3 is 2.60 bits per heavy atom. The third-order valence-corrected chi connectivity index (χ3v) is 3.35. The van der Waals surface area contributed by atoms with Gasteiger partial charge in [0.15, 0.2) is 5.78 Å². The second-order valence-electron chi connectivity index (χ2n) is 4.63. The maximum atomic E-state index is 11.7. The molecule has 0 N–H and O–H groups in total. The highest BCUT2D eigenvalue weighted by Crippen LogP contribution is 2.24. The molecule has 1 atom stereocenters. The molecule has 0 aromatic rings. The van der Waals surface area contributed by atoms with Crippen molar-refractivity contribution in [1.29, 1.82) is 0 Å². The van der Waals surface area contributed by atoms with Gasteiger partial charge in [-0.25, -0.2) is 0 Å². The first-order chi connectivity index (χ1) is 7.27. The average molecular weight is 208 g/mol. The highest BCUT2D eigenvalue weighted by atomic mass is 16.1. The molecule has 1 nitrogen and oxygen atoms in total. The minimum Gasteiger partial charge on any atom is -0.295 e. The van der Waals surface area contributed by atoms with Gasteiger partial charge in [0, 0.05) is 6.42 Å². The summed E-state index contributed by atoms with van der Waals surface area (Å²) < 4.78 is 0. The van der Waals surface area contributed by atoms with E-state index in [9.17, 15) is 4.79 Å². The summed E-state index contributed by atoms with van der Waals surface area (Å²) in [7, 11) is 0. The summed E-state index contributed by atoms with van der Waals surface area (Å²) in [5.74, 6) is 1.05. The van der Waals surface area contributed by atoms with Gasteiger partial charge in [-0.1, -0.05) is 32.8 Å². The fraction of sp³-hybridized carbons (Fsp3) is 0.786. The lowest BCUT2D eigenvalue weighted by molar-refractivity contribution is -0.116. The molecule has 1 fully saturated rings. The van der Waals surface area contributed by atoms with Crippen molar-refractivity contribution in [2.45, 2.75) is 65.2 Å². The minimum absolute atomic E-state index is 0.413. The summed E-state index contributed by atoms with van der Waals surface area (Å²) in [5, 5.41) is 0. The topological polar surface area (TPSA) is 17.1 Å². The van der Waals surface area contributed by atoms with E-state index in [1.54, 1.807) is 0 Å². The van der Waals surface area contributed by atoms with Crippen molar-refractivity contribution >= 4 is 5.78 Å². The monoisotopic (exact) mass is 208 g/mol. The summed E-state index contributed by atoms with van der Waals surface area (Å²) in [6, 6.07) is 0. The predicted molar refractivity (Wildman–Crippen MR) is 64.9 cm³/mol. The van der Waals surface area contributed by atoms with E-state index in [1.807, 2.05) is 0 Å². The predicted octanol–water partition coefficient (Wildman–Crippen LogP) is 4.27. The number of rotatable bonds is 5. The Morgan fingerprint density at radius 1 is 1.27 bits per heavy atom. The molecule has 1 saturated carbocycles. The zero-order valence-corrected chi connectivity index (χ0v) is 10.2. The number of carbonyl (C=O) groups excluding carboxylic acids is 1. The standard InChI is InChI=1S/C14H24O/c1-3-5-8-12(4-2)11-13-9-6-7-10-14(13)15/h11-12H,3-10H2,1-2H3/b13-11+. The molecule has 0 bridgehead atoms. The molecule has 0 amide bonds. The molecule has 15 heavy (non-hydrogen) atoms. The Hall–Kier alpha value is -0.590. The van der Waals surface area contributed by atoms with E-state index in [-0.39, 0.29) is 0 Å². The second kappa shape index (κ2) is 6.81. The Morgan fingerprint density at radius 2 is 2.00 bits per heavy atom. The minimum atomic E-state index is 0.413. The van der Waals surface area contributed by atoms with E-state index in [2.05, 4.69) is 19.9 Å². The summed E-state index contributed by atoms with van der Waals surface area (Å²) >= 11 is 0. The van der Waals surface area contributed by atoms with Gasteiger partial charge in [0.1, 0.15) is 0 Å². The van der Waals surface area contributed by atoms with E-state index >= 15 is 0 Å². The van der Waals surface area contributed by atoms with Crippen LogP contribution in [0.5, 0.6) is 0 Å². The van der Waals surface area contributed by atoms with Gasteiger partial charge in [-0.05, 0) is 43.6 Å². The fourth-order valence-electron chi connectivity index (χ4n) is 2.23. The molecule has 1 aliphatic carbocycles. The van der Waals surface area contributed by atoms with E-state index < -0.39 is 0 Å². The van der Waals surface area contributed by atoms with Crippen molar-refractivity contribution in [2.24, 2.45) is 5.92 Å². The maximum Gasteiger partial charge on any atom is 0.158 e.